The second kappa shape index (κ2) is 6.74. The van der Waals surface area contributed by atoms with Crippen LogP contribution >= 0.6 is 0 Å². The number of hydrogen-bond donors (Lipinski definition) is 1. The van der Waals surface area contributed by atoms with Crippen LogP contribution in [0.15, 0.2) is 48.5 Å². The van der Waals surface area contributed by atoms with Crippen LogP contribution in [0.2, 0.25) is 0 Å². The molecule has 1 unspecified atom stereocenters. The van der Waals surface area contributed by atoms with Gasteiger partial charge in [-0.1, -0.05) is 31.2 Å². The van der Waals surface area contributed by atoms with Gasteiger partial charge in [-0.05, 0) is 43.2 Å². The molecule has 1 heterocycles. The lowest BCUT2D eigenvalue weighted by Crippen LogP contribution is -2.19. The fourth-order valence-corrected chi connectivity index (χ4v) is 2.74. The van der Waals surface area contributed by atoms with E-state index in [4.69, 9.17) is 4.74 Å². The van der Waals surface area contributed by atoms with Crippen molar-refractivity contribution in [2.24, 2.45) is 0 Å². The van der Waals surface area contributed by atoms with Crippen molar-refractivity contribution in [3.8, 4) is 5.75 Å². The van der Waals surface area contributed by atoms with E-state index < -0.39 is 12.0 Å². The third-order valence-corrected chi connectivity index (χ3v) is 4.09. The second-order valence-corrected chi connectivity index (χ2v) is 5.69. The van der Waals surface area contributed by atoms with Gasteiger partial charge in [-0.2, -0.15) is 0 Å². The van der Waals surface area contributed by atoms with Gasteiger partial charge in [-0.25, -0.2) is 9.78 Å². The van der Waals surface area contributed by atoms with Crippen LogP contribution in [-0.2, 0) is 17.8 Å². The summed E-state index contributed by atoms with van der Waals surface area (Å²) in [6.07, 6.45) is 0.936. The molecule has 124 valence electrons. The molecular formula is C19H20N2O3. The van der Waals surface area contributed by atoms with Gasteiger partial charge in [-0.3, -0.25) is 0 Å². The lowest BCUT2D eigenvalue weighted by Gasteiger charge is -2.14. The highest BCUT2D eigenvalue weighted by Gasteiger charge is 2.21. The number of ether oxygens (including phenoxy) is 1. The Morgan fingerprint density at radius 2 is 2.04 bits per heavy atom. The predicted octanol–water partition coefficient (Wildman–Crippen LogP) is 3.82. The minimum Gasteiger partial charge on any atom is -0.486 e. The van der Waals surface area contributed by atoms with Gasteiger partial charge in [-0.15, -0.1) is 0 Å². The smallest absolute Gasteiger partial charge is 0.326 e. The van der Waals surface area contributed by atoms with Crippen LogP contribution in [-0.4, -0.2) is 20.6 Å². The maximum atomic E-state index is 11.5. The Kier molecular flexibility index (Phi) is 4.51. The average Bonchev–Trinajstić information content (AvgIpc) is 2.97. The summed E-state index contributed by atoms with van der Waals surface area (Å²) in [5.74, 6) is 0.469. The van der Waals surface area contributed by atoms with Gasteiger partial charge >= 0.3 is 5.97 Å². The topological polar surface area (TPSA) is 64.4 Å². The average molecular weight is 324 g/mol. The lowest BCUT2D eigenvalue weighted by atomic mass is 10.2. The molecule has 0 bridgehead atoms. The Morgan fingerprint density at radius 3 is 2.79 bits per heavy atom. The van der Waals surface area contributed by atoms with Crippen molar-refractivity contribution >= 4 is 17.0 Å². The molecule has 0 saturated heterocycles. The predicted molar refractivity (Wildman–Crippen MR) is 92.2 cm³/mol. The maximum Gasteiger partial charge on any atom is 0.326 e. The zero-order valence-corrected chi connectivity index (χ0v) is 13.8. The van der Waals surface area contributed by atoms with Crippen molar-refractivity contribution in [2.45, 2.75) is 32.9 Å². The Balaban J connectivity index is 1.93. The highest BCUT2D eigenvalue weighted by atomic mass is 16.5. The van der Waals surface area contributed by atoms with Crippen molar-refractivity contribution in [1.29, 1.82) is 0 Å². The summed E-state index contributed by atoms with van der Waals surface area (Å²) in [4.78, 5) is 16.0. The number of fused-ring (bicyclic) bond motifs is 1. The molecule has 3 rings (SSSR count). The molecular weight excluding hydrogens is 304 g/mol. The van der Waals surface area contributed by atoms with Gasteiger partial charge in [0.15, 0.2) is 0 Å². The monoisotopic (exact) mass is 324 g/mol. The quantitative estimate of drug-likeness (QED) is 0.748. The van der Waals surface area contributed by atoms with Crippen LogP contribution < -0.4 is 4.74 Å². The molecule has 0 aliphatic rings. The van der Waals surface area contributed by atoms with E-state index in [0.29, 0.717) is 5.82 Å². The molecule has 1 atom stereocenters. The van der Waals surface area contributed by atoms with Crippen LogP contribution in [0.1, 0.15) is 31.3 Å². The van der Waals surface area contributed by atoms with Crippen molar-refractivity contribution in [3.63, 3.8) is 0 Å². The summed E-state index contributed by atoms with van der Waals surface area (Å²) in [6, 6.07) is 14.7. The van der Waals surface area contributed by atoms with E-state index in [9.17, 15) is 9.90 Å². The zero-order chi connectivity index (χ0) is 17.1. The van der Waals surface area contributed by atoms with Crippen molar-refractivity contribution in [2.75, 3.05) is 0 Å². The molecule has 0 fully saturated rings. The summed E-state index contributed by atoms with van der Waals surface area (Å²) >= 11 is 0. The molecule has 0 saturated carbocycles. The number of aromatic nitrogens is 2. The molecule has 2 aromatic carbocycles. The highest BCUT2D eigenvalue weighted by molar-refractivity contribution is 5.80. The minimum atomic E-state index is -0.896. The van der Waals surface area contributed by atoms with Crippen molar-refractivity contribution < 1.29 is 14.6 Å². The number of para-hydroxylation sites is 2. The van der Waals surface area contributed by atoms with E-state index in [1.807, 2.05) is 42.5 Å². The number of imidazole rings is 1. The van der Waals surface area contributed by atoms with E-state index in [2.05, 4.69) is 18.0 Å². The zero-order valence-electron chi connectivity index (χ0n) is 13.8. The maximum absolute atomic E-state index is 11.5. The minimum absolute atomic E-state index is 0.222. The molecule has 0 spiro atoms. The SMILES string of the molecule is CCc1cccc(OCc2nc3ccccc3n2C(C)C(=O)O)c1. The molecule has 3 aromatic rings. The number of aryl methyl sites for hydroxylation is 1. The Labute approximate surface area is 140 Å². The lowest BCUT2D eigenvalue weighted by molar-refractivity contribution is -0.140. The van der Waals surface area contributed by atoms with Gasteiger partial charge in [0.05, 0.1) is 11.0 Å². The number of carboxylic acids is 1. The first-order valence-corrected chi connectivity index (χ1v) is 8.00. The summed E-state index contributed by atoms with van der Waals surface area (Å²) in [5, 5.41) is 9.40. The van der Waals surface area contributed by atoms with E-state index in [1.165, 1.54) is 5.56 Å². The number of aliphatic carboxylic acids is 1. The Morgan fingerprint density at radius 1 is 1.25 bits per heavy atom. The summed E-state index contributed by atoms with van der Waals surface area (Å²) < 4.78 is 7.58. The molecule has 5 heteroatoms. The van der Waals surface area contributed by atoms with Crippen LogP contribution in [0.4, 0.5) is 0 Å². The second-order valence-electron chi connectivity index (χ2n) is 5.69. The number of rotatable bonds is 6. The van der Waals surface area contributed by atoms with E-state index in [1.54, 1.807) is 11.5 Å². The van der Waals surface area contributed by atoms with Crippen molar-refractivity contribution in [1.82, 2.24) is 9.55 Å². The number of nitrogens with zero attached hydrogens (tertiary/aromatic N) is 2. The number of benzene rings is 2. The van der Waals surface area contributed by atoms with Crippen LogP contribution in [0.25, 0.3) is 11.0 Å². The third-order valence-electron chi connectivity index (χ3n) is 4.09. The van der Waals surface area contributed by atoms with Crippen LogP contribution in [0, 0.1) is 0 Å². The first-order valence-electron chi connectivity index (χ1n) is 8.00. The molecule has 24 heavy (non-hydrogen) atoms. The highest BCUT2D eigenvalue weighted by Crippen LogP contribution is 2.23. The van der Waals surface area contributed by atoms with Gasteiger partial charge in [0, 0.05) is 0 Å². The molecule has 0 aliphatic heterocycles. The Bertz CT molecular complexity index is 870. The standard InChI is InChI=1S/C19H20N2O3/c1-3-14-7-6-8-15(11-14)24-12-18-20-16-9-4-5-10-17(16)21(18)13(2)19(22)23/h4-11,13H,3,12H2,1-2H3,(H,22,23). The molecule has 1 aromatic heterocycles. The van der Waals surface area contributed by atoms with Gasteiger partial charge in [0.1, 0.15) is 24.2 Å². The molecule has 5 nitrogen and oxygen atoms in total. The van der Waals surface area contributed by atoms with Gasteiger partial charge in [0.25, 0.3) is 0 Å². The van der Waals surface area contributed by atoms with Crippen molar-refractivity contribution in [3.05, 3.63) is 59.9 Å². The summed E-state index contributed by atoms with van der Waals surface area (Å²) in [5.41, 5.74) is 2.76. The first-order chi connectivity index (χ1) is 11.6. The molecule has 0 amide bonds. The number of carbonyl (C=O) groups is 1. The normalized spacial score (nSPS) is 12.2. The van der Waals surface area contributed by atoms with Crippen LogP contribution in [0.3, 0.4) is 0 Å². The fourth-order valence-electron chi connectivity index (χ4n) is 2.74. The summed E-state index contributed by atoms with van der Waals surface area (Å²) in [6.45, 7) is 3.96. The fraction of sp³-hybridized carbons (Fsp3) is 0.263. The van der Waals surface area contributed by atoms with Gasteiger partial charge < -0.3 is 14.4 Å². The molecule has 1 N–H and O–H groups in total. The number of hydrogen-bond acceptors (Lipinski definition) is 3. The van der Waals surface area contributed by atoms with Gasteiger partial charge in [0.2, 0.25) is 0 Å². The van der Waals surface area contributed by atoms with E-state index >= 15 is 0 Å². The Hall–Kier alpha value is -2.82. The summed E-state index contributed by atoms with van der Waals surface area (Å²) in [7, 11) is 0. The number of carboxylic acid groups (broad SMARTS) is 1. The van der Waals surface area contributed by atoms with E-state index in [0.717, 1.165) is 23.2 Å². The van der Waals surface area contributed by atoms with E-state index in [-0.39, 0.29) is 6.61 Å². The third kappa shape index (κ3) is 3.11. The first kappa shape index (κ1) is 16.1. The largest absolute Gasteiger partial charge is 0.486 e. The molecule has 0 aliphatic carbocycles. The molecule has 0 radical (unpaired) electrons. The van der Waals surface area contributed by atoms with Crippen LogP contribution in [0.5, 0.6) is 5.75 Å².